The summed E-state index contributed by atoms with van der Waals surface area (Å²) in [6, 6.07) is 0. The van der Waals surface area contributed by atoms with E-state index in [0.29, 0.717) is 12.3 Å². The van der Waals surface area contributed by atoms with Gasteiger partial charge in [-0.15, -0.1) is 0 Å². The second-order valence-electron chi connectivity index (χ2n) is 6.27. The third-order valence-electron chi connectivity index (χ3n) is 2.97. The van der Waals surface area contributed by atoms with E-state index in [1.54, 1.807) is 19.0 Å². The summed E-state index contributed by atoms with van der Waals surface area (Å²) in [5, 5.41) is 2.71. The Labute approximate surface area is 109 Å². The lowest BCUT2D eigenvalue weighted by molar-refractivity contribution is -0.144. The summed E-state index contributed by atoms with van der Waals surface area (Å²) in [6.07, 6.45) is 2.96. The van der Waals surface area contributed by atoms with Crippen LogP contribution in [0.5, 0.6) is 0 Å². The van der Waals surface area contributed by atoms with Crippen molar-refractivity contribution in [3.63, 3.8) is 0 Å². The fourth-order valence-corrected chi connectivity index (χ4v) is 1.72. The summed E-state index contributed by atoms with van der Waals surface area (Å²) >= 11 is 0. The van der Waals surface area contributed by atoms with Crippen LogP contribution in [0.25, 0.3) is 0 Å². The fraction of sp³-hybridized carbons (Fsp3) is 0.846. The first kappa shape index (κ1) is 15.0. The number of hydrogen-bond donors (Lipinski definition) is 1. The van der Waals surface area contributed by atoms with Crippen LogP contribution in [-0.4, -0.2) is 42.6 Å². The van der Waals surface area contributed by atoms with Gasteiger partial charge in [0.2, 0.25) is 5.72 Å². The number of hydrogen-bond acceptors (Lipinski definition) is 4. The Bertz CT molecular complexity index is 319. The van der Waals surface area contributed by atoms with Crippen molar-refractivity contribution >= 4 is 12.4 Å². The van der Waals surface area contributed by atoms with Crippen molar-refractivity contribution in [3.05, 3.63) is 0 Å². The zero-order valence-corrected chi connectivity index (χ0v) is 11.9. The van der Waals surface area contributed by atoms with Crippen molar-refractivity contribution in [2.45, 2.75) is 51.3 Å². The number of amides is 1. The van der Waals surface area contributed by atoms with E-state index in [2.05, 4.69) is 5.32 Å². The first-order valence-corrected chi connectivity index (χ1v) is 6.33. The van der Waals surface area contributed by atoms with E-state index in [-0.39, 0.29) is 5.54 Å². The Kier molecular flexibility index (Phi) is 4.37. The van der Waals surface area contributed by atoms with Crippen molar-refractivity contribution in [3.8, 4) is 0 Å². The Hall–Kier alpha value is -1.10. The highest BCUT2D eigenvalue weighted by Gasteiger charge is 2.42. The van der Waals surface area contributed by atoms with Gasteiger partial charge in [-0.25, -0.2) is 4.79 Å². The molecule has 0 unspecified atom stereocenters. The zero-order valence-electron chi connectivity index (χ0n) is 11.9. The first-order chi connectivity index (χ1) is 8.18. The topological polar surface area (TPSA) is 58.6 Å². The van der Waals surface area contributed by atoms with Gasteiger partial charge in [0.05, 0.1) is 0 Å². The van der Waals surface area contributed by atoms with Crippen LogP contribution in [-0.2, 0) is 9.53 Å². The summed E-state index contributed by atoms with van der Waals surface area (Å²) in [5.41, 5.74) is -1.52. The third kappa shape index (κ3) is 4.29. The van der Waals surface area contributed by atoms with E-state index in [1.165, 1.54) is 0 Å². The molecule has 1 N–H and O–H groups in total. The van der Waals surface area contributed by atoms with Crippen LogP contribution in [0.1, 0.15) is 40.0 Å². The minimum absolute atomic E-state index is 0.377. The maximum absolute atomic E-state index is 11.8. The van der Waals surface area contributed by atoms with Gasteiger partial charge in [0.15, 0.2) is 6.29 Å². The van der Waals surface area contributed by atoms with Crippen LogP contribution in [0.3, 0.4) is 0 Å². The van der Waals surface area contributed by atoms with Gasteiger partial charge in [0.1, 0.15) is 0 Å². The van der Waals surface area contributed by atoms with Gasteiger partial charge in [-0.2, -0.15) is 0 Å². The molecule has 0 aromatic rings. The molecule has 1 aliphatic rings. The molecule has 1 fully saturated rings. The van der Waals surface area contributed by atoms with Gasteiger partial charge in [0, 0.05) is 12.0 Å². The minimum atomic E-state index is -1.14. The van der Waals surface area contributed by atoms with Crippen LogP contribution in [0, 0.1) is 5.92 Å². The summed E-state index contributed by atoms with van der Waals surface area (Å²) in [5.74, 6) is 0.486. The number of rotatable bonds is 5. The molecule has 0 aromatic carbocycles. The van der Waals surface area contributed by atoms with E-state index >= 15 is 0 Å². The Morgan fingerprint density at radius 1 is 1.39 bits per heavy atom. The number of nitrogens with one attached hydrogen (secondary N) is 1. The number of ether oxygens (including phenoxy) is 1. The quantitative estimate of drug-likeness (QED) is 0.601. The lowest BCUT2D eigenvalue weighted by Crippen LogP contribution is -2.53. The zero-order chi connectivity index (χ0) is 14.0. The van der Waals surface area contributed by atoms with Crippen LogP contribution >= 0.6 is 0 Å². The van der Waals surface area contributed by atoms with Crippen molar-refractivity contribution in [1.29, 1.82) is 0 Å². The van der Waals surface area contributed by atoms with Gasteiger partial charge in [0.25, 0.3) is 0 Å². The average Bonchev–Trinajstić information content (AvgIpc) is 2.97. The molecule has 1 atom stereocenters. The largest absolute Gasteiger partial charge is 0.420 e. The molecule has 1 amide bonds. The number of carbonyl (C=O) groups excluding carboxylic acids is 2. The van der Waals surface area contributed by atoms with E-state index in [0.717, 1.165) is 19.1 Å². The molecule has 1 saturated carbocycles. The van der Waals surface area contributed by atoms with Crippen molar-refractivity contribution in [1.82, 2.24) is 10.2 Å². The highest BCUT2D eigenvalue weighted by molar-refractivity contribution is 5.73. The summed E-state index contributed by atoms with van der Waals surface area (Å²) < 4.78 is 5.38. The molecule has 0 saturated heterocycles. The molecule has 18 heavy (non-hydrogen) atoms. The normalized spacial score (nSPS) is 19.2. The molecule has 0 aromatic heterocycles. The Balaban J connectivity index is 2.70. The lowest BCUT2D eigenvalue weighted by Gasteiger charge is -2.35. The maximum Gasteiger partial charge on any atom is 0.409 e. The van der Waals surface area contributed by atoms with E-state index in [4.69, 9.17) is 4.74 Å². The Morgan fingerprint density at radius 2 is 1.94 bits per heavy atom. The number of alkyl carbamates (subject to hydrolysis) is 1. The molecule has 0 aliphatic heterocycles. The number of nitrogens with zero attached hydrogens (tertiary/aromatic N) is 1. The molecule has 1 aliphatic carbocycles. The van der Waals surface area contributed by atoms with Gasteiger partial charge >= 0.3 is 6.09 Å². The molecule has 104 valence electrons. The minimum Gasteiger partial charge on any atom is -0.420 e. The maximum atomic E-state index is 11.8. The first-order valence-electron chi connectivity index (χ1n) is 6.33. The molecular weight excluding hydrogens is 232 g/mol. The Morgan fingerprint density at radius 3 is 2.28 bits per heavy atom. The lowest BCUT2D eigenvalue weighted by atomic mass is 10.1. The predicted octanol–water partition coefficient (Wildman–Crippen LogP) is 1.77. The molecule has 1 rings (SSSR count). The van der Waals surface area contributed by atoms with Crippen LogP contribution in [0.15, 0.2) is 0 Å². The number of likely N-dealkylation sites (N-methyl/N-ethyl adjacent to an activating group) is 1. The highest BCUT2D eigenvalue weighted by atomic mass is 16.6. The standard InChI is InChI=1S/C13H24N2O3/c1-12(2,3)14-11(17)18-13(9-16,15(4)5)8-10-6-7-10/h9-10H,6-8H2,1-5H3,(H,14,17)/t13-/m0/s1. The second-order valence-corrected chi connectivity index (χ2v) is 6.27. The molecule has 5 heteroatoms. The van der Waals surface area contributed by atoms with Crippen LogP contribution < -0.4 is 5.32 Å². The predicted molar refractivity (Wildman–Crippen MR) is 69.2 cm³/mol. The molecule has 0 heterocycles. The SMILES string of the molecule is CN(C)[C@@](C=O)(CC1CC1)OC(=O)NC(C)(C)C. The third-order valence-corrected chi connectivity index (χ3v) is 2.97. The van der Waals surface area contributed by atoms with Gasteiger partial charge in [-0.3, -0.25) is 9.69 Å². The van der Waals surface area contributed by atoms with E-state index in [9.17, 15) is 9.59 Å². The van der Waals surface area contributed by atoms with Crippen molar-refractivity contribution < 1.29 is 14.3 Å². The highest BCUT2D eigenvalue weighted by Crippen LogP contribution is 2.38. The summed E-state index contributed by atoms with van der Waals surface area (Å²) in [7, 11) is 3.50. The fourth-order valence-electron chi connectivity index (χ4n) is 1.72. The van der Waals surface area contributed by atoms with Crippen molar-refractivity contribution in [2.24, 2.45) is 5.92 Å². The van der Waals surface area contributed by atoms with Crippen LogP contribution in [0.4, 0.5) is 4.79 Å². The van der Waals surface area contributed by atoms with Gasteiger partial charge in [-0.05, 0) is 53.6 Å². The molecule has 0 bridgehead atoms. The molecule has 0 radical (unpaired) electrons. The van der Waals surface area contributed by atoms with E-state index in [1.807, 2.05) is 20.8 Å². The van der Waals surface area contributed by atoms with Crippen LogP contribution in [0.2, 0.25) is 0 Å². The van der Waals surface area contributed by atoms with Crippen molar-refractivity contribution in [2.75, 3.05) is 14.1 Å². The smallest absolute Gasteiger partial charge is 0.409 e. The van der Waals surface area contributed by atoms with E-state index < -0.39 is 11.8 Å². The second kappa shape index (κ2) is 5.26. The molecule has 0 spiro atoms. The summed E-state index contributed by atoms with van der Waals surface area (Å²) in [6.45, 7) is 5.61. The monoisotopic (exact) mass is 256 g/mol. The van der Waals surface area contributed by atoms with Gasteiger partial charge < -0.3 is 10.1 Å². The number of aldehydes is 1. The molecular formula is C13H24N2O3. The number of carbonyl (C=O) groups is 2. The average molecular weight is 256 g/mol. The summed E-state index contributed by atoms with van der Waals surface area (Å²) in [4.78, 5) is 24.9. The van der Waals surface area contributed by atoms with Gasteiger partial charge in [-0.1, -0.05) is 0 Å². The molecule has 5 nitrogen and oxygen atoms in total.